The van der Waals surface area contributed by atoms with E-state index >= 15 is 0 Å². The third kappa shape index (κ3) is 2.85. The minimum absolute atomic E-state index is 0.495. The Bertz CT molecular complexity index is 1040. The van der Waals surface area contributed by atoms with Gasteiger partial charge in [-0.1, -0.05) is 30.3 Å². The van der Waals surface area contributed by atoms with Crippen molar-refractivity contribution in [1.29, 1.82) is 0 Å². The standard InChI is InChI=1S/C19H17N5O/c1-25-17-9-5-2-6-14(17)13-10-11-18-22-19(23-24(18)12-13)21-16-8-4-3-7-15(16)20/h2-12H,20H2,1H3,(H,21,23). The Morgan fingerprint density at radius 1 is 1.00 bits per heavy atom. The SMILES string of the molecule is COc1ccccc1-c1ccc2nc(Nc3ccccc3N)nn2c1. The van der Waals surface area contributed by atoms with Crippen LogP contribution in [0.15, 0.2) is 66.9 Å². The number of para-hydroxylation sites is 3. The number of aromatic nitrogens is 3. The van der Waals surface area contributed by atoms with E-state index in [9.17, 15) is 0 Å². The Morgan fingerprint density at radius 2 is 1.80 bits per heavy atom. The molecule has 0 aliphatic carbocycles. The number of rotatable bonds is 4. The molecule has 0 saturated heterocycles. The number of fused-ring (bicyclic) bond motifs is 1. The van der Waals surface area contributed by atoms with Crippen molar-refractivity contribution in [1.82, 2.24) is 14.6 Å². The number of nitrogens with one attached hydrogen (secondary N) is 1. The second-order valence-electron chi connectivity index (χ2n) is 5.57. The molecular formula is C19H17N5O. The van der Waals surface area contributed by atoms with E-state index < -0.39 is 0 Å². The molecule has 6 nitrogen and oxygen atoms in total. The summed E-state index contributed by atoms with van der Waals surface area (Å²) in [5.74, 6) is 1.31. The molecule has 0 radical (unpaired) electrons. The zero-order valence-corrected chi connectivity index (χ0v) is 13.7. The summed E-state index contributed by atoms with van der Waals surface area (Å²) in [5.41, 5.74) is 10.1. The van der Waals surface area contributed by atoms with Crippen LogP contribution in [-0.4, -0.2) is 21.7 Å². The van der Waals surface area contributed by atoms with Crippen LogP contribution in [0.5, 0.6) is 5.75 Å². The summed E-state index contributed by atoms with van der Waals surface area (Å²) in [7, 11) is 1.67. The first-order valence-electron chi connectivity index (χ1n) is 7.86. The number of nitrogen functional groups attached to an aromatic ring is 1. The number of methoxy groups -OCH3 is 1. The maximum Gasteiger partial charge on any atom is 0.247 e. The number of ether oxygens (including phenoxy) is 1. The molecule has 4 rings (SSSR count). The van der Waals surface area contributed by atoms with Crippen molar-refractivity contribution >= 4 is 23.0 Å². The molecule has 0 aliphatic heterocycles. The highest BCUT2D eigenvalue weighted by atomic mass is 16.5. The maximum absolute atomic E-state index is 5.96. The highest BCUT2D eigenvalue weighted by molar-refractivity contribution is 5.72. The largest absolute Gasteiger partial charge is 0.496 e. The summed E-state index contributed by atoms with van der Waals surface area (Å²) in [4.78, 5) is 4.48. The third-order valence-electron chi connectivity index (χ3n) is 3.96. The molecule has 2 heterocycles. The maximum atomic E-state index is 5.96. The summed E-state index contributed by atoms with van der Waals surface area (Å²) in [6.45, 7) is 0. The fraction of sp³-hybridized carbons (Fsp3) is 0.0526. The lowest BCUT2D eigenvalue weighted by Gasteiger charge is -2.08. The monoisotopic (exact) mass is 331 g/mol. The Morgan fingerprint density at radius 3 is 2.64 bits per heavy atom. The van der Waals surface area contributed by atoms with E-state index in [0.717, 1.165) is 28.2 Å². The lowest BCUT2D eigenvalue weighted by atomic mass is 10.1. The van der Waals surface area contributed by atoms with Gasteiger partial charge in [-0.15, -0.1) is 5.10 Å². The van der Waals surface area contributed by atoms with Crippen LogP contribution >= 0.6 is 0 Å². The molecule has 124 valence electrons. The van der Waals surface area contributed by atoms with Crippen LogP contribution in [0.25, 0.3) is 16.8 Å². The first kappa shape index (κ1) is 15.0. The molecule has 0 amide bonds. The Kier molecular flexibility index (Phi) is 3.70. The number of hydrogen-bond donors (Lipinski definition) is 2. The number of benzene rings is 2. The number of nitrogens with two attached hydrogens (primary N) is 1. The van der Waals surface area contributed by atoms with Crippen LogP contribution in [-0.2, 0) is 0 Å². The van der Waals surface area contributed by atoms with Gasteiger partial charge in [0.25, 0.3) is 0 Å². The summed E-state index contributed by atoms with van der Waals surface area (Å²) < 4.78 is 7.18. The summed E-state index contributed by atoms with van der Waals surface area (Å²) >= 11 is 0. The second-order valence-corrected chi connectivity index (χ2v) is 5.57. The molecule has 2 aromatic carbocycles. The fourth-order valence-corrected chi connectivity index (χ4v) is 2.71. The molecule has 0 unspecified atom stereocenters. The van der Waals surface area contributed by atoms with Crippen molar-refractivity contribution in [2.45, 2.75) is 0 Å². The summed E-state index contributed by atoms with van der Waals surface area (Å²) in [6, 6.07) is 19.3. The van der Waals surface area contributed by atoms with Gasteiger partial charge in [-0.3, -0.25) is 0 Å². The van der Waals surface area contributed by atoms with Crippen molar-refractivity contribution in [3.05, 3.63) is 66.9 Å². The lowest BCUT2D eigenvalue weighted by Crippen LogP contribution is -1.97. The van der Waals surface area contributed by atoms with Gasteiger partial charge in [0.2, 0.25) is 5.95 Å². The second kappa shape index (κ2) is 6.16. The average Bonchev–Trinajstić information content (AvgIpc) is 3.05. The van der Waals surface area contributed by atoms with E-state index in [4.69, 9.17) is 10.5 Å². The van der Waals surface area contributed by atoms with Crippen LogP contribution in [0.4, 0.5) is 17.3 Å². The molecule has 2 aromatic heterocycles. The quantitative estimate of drug-likeness (QED) is 0.557. The highest BCUT2D eigenvalue weighted by Crippen LogP contribution is 2.29. The minimum Gasteiger partial charge on any atom is -0.496 e. The van der Waals surface area contributed by atoms with E-state index in [0.29, 0.717) is 11.6 Å². The number of pyridine rings is 1. The lowest BCUT2D eigenvalue weighted by molar-refractivity contribution is 0.416. The van der Waals surface area contributed by atoms with Gasteiger partial charge in [-0.05, 0) is 30.3 Å². The average molecular weight is 331 g/mol. The molecule has 0 fully saturated rings. The van der Waals surface area contributed by atoms with Crippen LogP contribution in [0.2, 0.25) is 0 Å². The summed E-state index contributed by atoms with van der Waals surface area (Å²) in [6.07, 6.45) is 1.93. The predicted octanol–water partition coefficient (Wildman–Crippen LogP) is 3.73. The van der Waals surface area contributed by atoms with Crippen molar-refractivity contribution in [2.24, 2.45) is 0 Å². The molecule has 4 aromatic rings. The van der Waals surface area contributed by atoms with Crippen molar-refractivity contribution in [3.63, 3.8) is 0 Å². The van der Waals surface area contributed by atoms with Gasteiger partial charge in [-0.25, -0.2) is 4.52 Å². The summed E-state index contributed by atoms with van der Waals surface area (Å²) in [5, 5.41) is 7.64. The highest BCUT2D eigenvalue weighted by Gasteiger charge is 2.09. The van der Waals surface area contributed by atoms with E-state index in [2.05, 4.69) is 15.4 Å². The topological polar surface area (TPSA) is 77.5 Å². The smallest absolute Gasteiger partial charge is 0.247 e. The molecule has 0 bridgehead atoms. The number of hydrogen-bond acceptors (Lipinski definition) is 5. The first-order chi connectivity index (χ1) is 12.2. The molecule has 25 heavy (non-hydrogen) atoms. The Labute approximate surface area is 144 Å². The van der Waals surface area contributed by atoms with Crippen LogP contribution < -0.4 is 15.8 Å². The molecule has 0 saturated carbocycles. The molecule has 0 spiro atoms. The minimum atomic E-state index is 0.495. The van der Waals surface area contributed by atoms with E-state index in [-0.39, 0.29) is 0 Å². The van der Waals surface area contributed by atoms with Gasteiger partial charge in [0, 0.05) is 17.3 Å². The first-order valence-corrected chi connectivity index (χ1v) is 7.86. The van der Waals surface area contributed by atoms with Crippen LogP contribution in [0.3, 0.4) is 0 Å². The van der Waals surface area contributed by atoms with Gasteiger partial charge >= 0.3 is 0 Å². The zero-order chi connectivity index (χ0) is 17.2. The van der Waals surface area contributed by atoms with E-state index in [1.165, 1.54) is 0 Å². The van der Waals surface area contributed by atoms with Crippen LogP contribution in [0.1, 0.15) is 0 Å². The van der Waals surface area contributed by atoms with Crippen molar-refractivity contribution in [2.75, 3.05) is 18.2 Å². The van der Waals surface area contributed by atoms with E-state index in [1.807, 2.05) is 66.9 Å². The van der Waals surface area contributed by atoms with Crippen LogP contribution in [0, 0.1) is 0 Å². The molecular weight excluding hydrogens is 314 g/mol. The fourth-order valence-electron chi connectivity index (χ4n) is 2.71. The molecule has 0 atom stereocenters. The Balaban J connectivity index is 1.71. The molecule has 0 aliphatic rings. The van der Waals surface area contributed by atoms with E-state index in [1.54, 1.807) is 11.6 Å². The molecule has 6 heteroatoms. The van der Waals surface area contributed by atoms with Gasteiger partial charge in [0.05, 0.1) is 18.5 Å². The normalized spacial score (nSPS) is 10.8. The Hall–Kier alpha value is -3.54. The van der Waals surface area contributed by atoms with Crippen molar-refractivity contribution in [3.8, 4) is 16.9 Å². The third-order valence-corrected chi connectivity index (χ3v) is 3.96. The molecule has 3 N–H and O–H groups in total. The number of nitrogens with zero attached hydrogens (tertiary/aromatic N) is 3. The predicted molar refractivity (Wildman–Crippen MR) is 99.1 cm³/mol. The van der Waals surface area contributed by atoms with Gasteiger partial charge < -0.3 is 15.8 Å². The van der Waals surface area contributed by atoms with Gasteiger partial charge in [0.15, 0.2) is 5.65 Å². The van der Waals surface area contributed by atoms with Crippen molar-refractivity contribution < 1.29 is 4.74 Å². The van der Waals surface area contributed by atoms with Gasteiger partial charge in [0.1, 0.15) is 5.75 Å². The zero-order valence-electron chi connectivity index (χ0n) is 13.7. The van der Waals surface area contributed by atoms with Gasteiger partial charge in [-0.2, -0.15) is 4.98 Å². The number of anilines is 3.